The van der Waals surface area contributed by atoms with Crippen LogP contribution in [0, 0.1) is 0 Å². The van der Waals surface area contributed by atoms with Crippen LogP contribution in [0.5, 0.6) is 0 Å². The number of amides is 1. The number of aryl methyl sites for hydroxylation is 1. The highest BCUT2D eigenvalue weighted by Crippen LogP contribution is 2.39. The van der Waals surface area contributed by atoms with Crippen LogP contribution in [0.25, 0.3) is 10.9 Å². The average Bonchev–Trinajstić information content (AvgIpc) is 3.29. The number of aromatic amines is 1. The van der Waals surface area contributed by atoms with E-state index in [2.05, 4.69) is 10.3 Å². The quantitative estimate of drug-likeness (QED) is 0.407. The van der Waals surface area contributed by atoms with Crippen LogP contribution in [-0.4, -0.2) is 28.7 Å². The Labute approximate surface area is 178 Å². The molecule has 7 heteroatoms. The number of esters is 1. The average molecular weight is 429 g/mol. The smallest absolute Gasteiger partial charge is 0.341 e. The maximum atomic E-state index is 12.9. The largest absolute Gasteiger partial charge is 0.462 e. The standard InChI is InChI=1S/C22H24N2O3S2/c1-3-27-22(26)19-15-9-5-7-11-17(15)29-21(19)24-20(25)13(2)28-18-12-23-16-10-6-4-8-14(16)18/h4,6,8,10,12-13,23H,3,5,7,9,11H2,1-2H3,(H,24,25)/t13-/m0/s1. The number of hydrogen-bond acceptors (Lipinski definition) is 5. The molecule has 0 fully saturated rings. The van der Waals surface area contributed by atoms with E-state index in [1.54, 1.807) is 6.92 Å². The molecule has 1 aromatic carbocycles. The predicted octanol–water partition coefficient (Wildman–Crippen LogP) is 5.40. The summed E-state index contributed by atoms with van der Waals surface area (Å²) in [5.41, 5.74) is 2.68. The number of thiophene rings is 1. The van der Waals surface area contributed by atoms with Gasteiger partial charge < -0.3 is 15.0 Å². The van der Waals surface area contributed by atoms with Crippen molar-refractivity contribution < 1.29 is 14.3 Å². The molecule has 0 unspecified atom stereocenters. The molecule has 1 aliphatic carbocycles. The van der Waals surface area contributed by atoms with E-state index in [1.165, 1.54) is 28.0 Å². The number of nitrogens with one attached hydrogen (secondary N) is 2. The van der Waals surface area contributed by atoms with Crippen molar-refractivity contribution in [1.29, 1.82) is 0 Å². The van der Waals surface area contributed by atoms with E-state index >= 15 is 0 Å². The number of rotatable bonds is 6. The first-order chi connectivity index (χ1) is 14.1. The van der Waals surface area contributed by atoms with E-state index < -0.39 is 0 Å². The summed E-state index contributed by atoms with van der Waals surface area (Å²) in [5, 5.41) is 4.45. The van der Waals surface area contributed by atoms with Crippen LogP contribution in [-0.2, 0) is 22.4 Å². The van der Waals surface area contributed by atoms with Crippen molar-refractivity contribution in [3.63, 3.8) is 0 Å². The molecule has 0 spiro atoms. The third-order valence-corrected chi connectivity index (χ3v) is 7.48. The third kappa shape index (κ3) is 4.07. The van der Waals surface area contributed by atoms with Crippen molar-refractivity contribution in [2.45, 2.75) is 49.7 Å². The normalized spacial score (nSPS) is 14.4. The Hall–Kier alpha value is -2.25. The Morgan fingerprint density at radius 1 is 1.28 bits per heavy atom. The van der Waals surface area contributed by atoms with E-state index in [0.29, 0.717) is 17.2 Å². The maximum Gasteiger partial charge on any atom is 0.341 e. The van der Waals surface area contributed by atoms with Crippen LogP contribution in [0.15, 0.2) is 35.4 Å². The van der Waals surface area contributed by atoms with Gasteiger partial charge in [0.15, 0.2) is 0 Å². The molecule has 2 N–H and O–H groups in total. The Morgan fingerprint density at radius 2 is 2.07 bits per heavy atom. The van der Waals surface area contributed by atoms with Gasteiger partial charge in [0.2, 0.25) is 5.91 Å². The van der Waals surface area contributed by atoms with Crippen LogP contribution >= 0.6 is 23.1 Å². The Bertz CT molecular complexity index is 1050. The van der Waals surface area contributed by atoms with E-state index in [-0.39, 0.29) is 17.1 Å². The molecular weight excluding hydrogens is 404 g/mol. The minimum Gasteiger partial charge on any atom is -0.462 e. The van der Waals surface area contributed by atoms with E-state index in [4.69, 9.17) is 4.74 Å². The van der Waals surface area contributed by atoms with Gasteiger partial charge in [-0.1, -0.05) is 18.2 Å². The number of carbonyl (C=O) groups is 2. The topological polar surface area (TPSA) is 71.2 Å². The number of benzene rings is 1. The highest BCUT2D eigenvalue weighted by molar-refractivity contribution is 8.00. The van der Waals surface area contributed by atoms with Crippen LogP contribution in [0.3, 0.4) is 0 Å². The molecular formula is C22H24N2O3S2. The summed E-state index contributed by atoms with van der Waals surface area (Å²) in [6.07, 6.45) is 5.96. The van der Waals surface area contributed by atoms with Crippen molar-refractivity contribution >= 4 is 50.9 Å². The van der Waals surface area contributed by atoms with Crippen molar-refractivity contribution in [1.82, 2.24) is 4.98 Å². The maximum absolute atomic E-state index is 12.9. The van der Waals surface area contributed by atoms with Gasteiger partial charge in [-0.3, -0.25) is 4.79 Å². The molecule has 152 valence electrons. The summed E-state index contributed by atoms with van der Waals surface area (Å²) in [6, 6.07) is 8.04. The molecule has 0 aliphatic heterocycles. The second-order valence-electron chi connectivity index (χ2n) is 7.08. The van der Waals surface area contributed by atoms with E-state index in [1.807, 2.05) is 37.4 Å². The van der Waals surface area contributed by atoms with E-state index in [0.717, 1.165) is 47.0 Å². The van der Waals surface area contributed by atoms with Crippen molar-refractivity contribution in [3.05, 3.63) is 46.5 Å². The first kappa shape index (κ1) is 20.0. The lowest BCUT2D eigenvalue weighted by Gasteiger charge is -2.13. The van der Waals surface area contributed by atoms with Gasteiger partial charge in [-0.2, -0.15) is 0 Å². The second kappa shape index (κ2) is 8.63. The van der Waals surface area contributed by atoms with Gasteiger partial charge >= 0.3 is 5.97 Å². The van der Waals surface area contributed by atoms with Gasteiger partial charge in [-0.15, -0.1) is 23.1 Å². The fourth-order valence-electron chi connectivity index (χ4n) is 3.67. The lowest BCUT2D eigenvalue weighted by molar-refractivity contribution is -0.115. The van der Waals surface area contributed by atoms with E-state index in [9.17, 15) is 9.59 Å². The molecule has 2 heterocycles. The summed E-state index contributed by atoms with van der Waals surface area (Å²) in [7, 11) is 0. The third-order valence-electron chi connectivity index (χ3n) is 5.11. The zero-order chi connectivity index (χ0) is 20.4. The van der Waals surface area contributed by atoms with Gasteiger partial charge in [-0.25, -0.2) is 4.79 Å². The Balaban J connectivity index is 1.54. The number of anilines is 1. The Kier molecular flexibility index (Phi) is 5.96. The minimum atomic E-state index is -0.334. The number of carbonyl (C=O) groups excluding carboxylic acids is 2. The predicted molar refractivity (Wildman–Crippen MR) is 119 cm³/mol. The minimum absolute atomic E-state index is 0.107. The number of fused-ring (bicyclic) bond motifs is 2. The molecule has 0 saturated carbocycles. The molecule has 0 bridgehead atoms. The molecule has 5 nitrogen and oxygen atoms in total. The molecule has 4 rings (SSSR count). The highest BCUT2D eigenvalue weighted by Gasteiger charge is 2.28. The van der Waals surface area contributed by atoms with Gasteiger partial charge in [0.1, 0.15) is 5.00 Å². The Morgan fingerprint density at radius 3 is 2.90 bits per heavy atom. The molecule has 29 heavy (non-hydrogen) atoms. The van der Waals surface area contributed by atoms with Gasteiger partial charge in [0.05, 0.1) is 17.4 Å². The fourth-order valence-corrected chi connectivity index (χ4v) is 5.93. The van der Waals surface area contributed by atoms with Crippen LogP contribution in [0.4, 0.5) is 5.00 Å². The van der Waals surface area contributed by atoms with Crippen molar-refractivity contribution in [2.75, 3.05) is 11.9 Å². The monoisotopic (exact) mass is 428 g/mol. The number of H-pyrrole nitrogens is 1. The number of thioether (sulfide) groups is 1. The zero-order valence-corrected chi connectivity index (χ0v) is 18.2. The van der Waals surface area contributed by atoms with Gasteiger partial charge in [0.25, 0.3) is 0 Å². The first-order valence-electron chi connectivity index (χ1n) is 9.93. The molecule has 1 amide bonds. The summed E-state index contributed by atoms with van der Waals surface area (Å²) >= 11 is 3.04. The number of aromatic nitrogens is 1. The molecule has 1 aliphatic rings. The number of ether oxygens (including phenoxy) is 1. The van der Waals surface area contributed by atoms with Crippen molar-refractivity contribution in [2.24, 2.45) is 0 Å². The van der Waals surface area contributed by atoms with Gasteiger partial charge in [-0.05, 0) is 51.2 Å². The molecule has 3 aromatic rings. The highest BCUT2D eigenvalue weighted by atomic mass is 32.2. The van der Waals surface area contributed by atoms with Gasteiger partial charge in [0, 0.05) is 26.9 Å². The summed E-state index contributed by atoms with van der Waals surface area (Å²) in [5.74, 6) is -0.441. The summed E-state index contributed by atoms with van der Waals surface area (Å²) in [4.78, 5) is 31.0. The van der Waals surface area contributed by atoms with Crippen LogP contribution in [0.1, 0.15) is 47.5 Å². The molecule has 0 radical (unpaired) electrons. The summed E-state index contributed by atoms with van der Waals surface area (Å²) in [6.45, 7) is 4.01. The molecule has 1 atom stereocenters. The lowest BCUT2D eigenvalue weighted by atomic mass is 9.95. The fraction of sp³-hybridized carbons (Fsp3) is 0.364. The molecule has 2 aromatic heterocycles. The molecule has 0 saturated heterocycles. The lowest BCUT2D eigenvalue weighted by Crippen LogP contribution is -2.23. The van der Waals surface area contributed by atoms with Crippen LogP contribution < -0.4 is 5.32 Å². The first-order valence-corrected chi connectivity index (χ1v) is 11.6. The summed E-state index contributed by atoms with van der Waals surface area (Å²) < 4.78 is 5.28. The zero-order valence-electron chi connectivity index (χ0n) is 16.5. The SMILES string of the molecule is CCOC(=O)c1c(NC(=O)[C@H](C)Sc2c[nH]c3ccccc23)sc2c1CCCC2. The van der Waals surface area contributed by atoms with Crippen molar-refractivity contribution in [3.8, 4) is 0 Å². The number of para-hydroxylation sites is 1. The second-order valence-corrected chi connectivity index (χ2v) is 9.57. The number of hydrogen-bond donors (Lipinski definition) is 2. The van der Waals surface area contributed by atoms with Crippen LogP contribution in [0.2, 0.25) is 0 Å².